The summed E-state index contributed by atoms with van der Waals surface area (Å²) in [6.45, 7) is 5.20. The molecule has 1 aliphatic heterocycles. The van der Waals surface area contributed by atoms with E-state index in [9.17, 15) is 13.2 Å². The first-order valence-electron chi connectivity index (χ1n) is 11.1. The number of hydrogen-bond donors (Lipinski definition) is 1. The lowest BCUT2D eigenvalue weighted by molar-refractivity contribution is -0.116. The molecule has 0 radical (unpaired) electrons. The highest BCUT2D eigenvalue weighted by molar-refractivity contribution is 7.89. The highest BCUT2D eigenvalue weighted by atomic mass is 32.2. The summed E-state index contributed by atoms with van der Waals surface area (Å²) >= 11 is 0. The maximum Gasteiger partial charge on any atom is 0.243 e. The molecule has 7 nitrogen and oxygen atoms in total. The van der Waals surface area contributed by atoms with Gasteiger partial charge in [0, 0.05) is 38.7 Å². The van der Waals surface area contributed by atoms with Crippen LogP contribution in [0.25, 0.3) is 11.0 Å². The van der Waals surface area contributed by atoms with Gasteiger partial charge in [0.2, 0.25) is 15.9 Å². The Hall–Kier alpha value is -2.71. The highest BCUT2D eigenvalue weighted by Gasteiger charge is 2.26. The van der Waals surface area contributed by atoms with E-state index in [1.54, 1.807) is 22.5 Å². The van der Waals surface area contributed by atoms with E-state index in [0.29, 0.717) is 31.4 Å². The van der Waals surface area contributed by atoms with Crippen LogP contribution in [0, 0.1) is 13.8 Å². The van der Waals surface area contributed by atoms with Crippen LogP contribution in [0.3, 0.4) is 0 Å². The van der Waals surface area contributed by atoms with Crippen LogP contribution in [0.1, 0.15) is 42.6 Å². The van der Waals surface area contributed by atoms with Gasteiger partial charge in [-0.3, -0.25) is 4.79 Å². The van der Waals surface area contributed by atoms with Crippen LogP contribution in [-0.4, -0.2) is 41.3 Å². The second-order valence-corrected chi connectivity index (χ2v) is 10.5. The molecule has 1 fully saturated rings. The Kier molecular flexibility index (Phi) is 6.35. The Bertz CT molecular complexity index is 1260. The predicted molar refractivity (Wildman–Crippen MR) is 126 cm³/mol. The van der Waals surface area contributed by atoms with E-state index in [2.05, 4.69) is 10.3 Å². The molecular formula is C24H30N4O3S. The van der Waals surface area contributed by atoms with Gasteiger partial charge in [-0.05, 0) is 68.1 Å². The van der Waals surface area contributed by atoms with E-state index in [0.717, 1.165) is 41.9 Å². The van der Waals surface area contributed by atoms with Gasteiger partial charge >= 0.3 is 0 Å². The molecule has 0 saturated carbocycles. The Labute approximate surface area is 189 Å². The van der Waals surface area contributed by atoms with E-state index < -0.39 is 10.0 Å². The minimum Gasteiger partial charge on any atom is -0.331 e. The van der Waals surface area contributed by atoms with E-state index in [-0.39, 0.29) is 10.8 Å². The number of carbonyl (C=O) groups is 1. The topological polar surface area (TPSA) is 84.3 Å². The molecule has 1 amide bonds. The molecule has 170 valence electrons. The normalized spacial score (nSPS) is 15.2. The van der Waals surface area contributed by atoms with Crippen LogP contribution in [0.4, 0.5) is 5.69 Å². The number of hydrogen-bond acceptors (Lipinski definition) is 4. The molecule has 0 spiro atoms. The molecule has 1 aliphatic rings. The summed E-state index contributed by atoms with van der Waals surface area (Å²) < 4.78 is 29.5. The van der Waals surface area contributed by atoms with Gasteiger partial charge in [0.05, 0.1) is 15.9 Å². The molecule has 0 unspecified atom stereocenters. The molecule has 0 bridgehead atoms. The standard InChI is InChI=1S/C24H30N4O3S/c1-17-7-8-19(15-18(17)2)25-24(29)12-11-23-26-21-16-20(9-10-22(21)27(23)3)32(30,31)28-13-5-4-6-14-28/h7-10,15-16H,4-6,11-14H2,1-3H3,(H,25,29). The lowest BCUT2D eigenvalue weighted by Gasteiger charge is -2.25. The third-order valence-corrected chi connectivity index (χ3v) is 8.16. The number of sulfonamides is 1. The first kappa shape index (κ1) is 22.5. The fraction of sp³-hybridized carbons (Fsp3) is 0.417. The van der Waals surface area contributed by atoms with Crippen molar-refractivity contribution in [2.24, 2.45) is 7.05 Å². The quantitative estimate of drug-likeness (QED) is 0.612. The molecule has 32 heavy (non-hydrogen) atoms. The average Bonchev–Trinajstić information content (AvgIpc) is 3.10. The van der Waals surface area contributed by atoms with Crippen LogP contribution >= 0.6 is 0 Å². The Balaban J connectivity index is 1.48. The minimum atomic E-state index is -3.50. The van der Waals surface area contributed by atoms with Crippen molar-refractivity contribution in [1.82, 2.24) is 13.9 Å². The fourth-order valence-electron chi connectivity index (χ4n) is 4.14. The van der Waals surface area contributed by atoms with Crippen molar-refractivity contribution in [1.29, 1.82) is 0 Å². The van der Waals surface area contributed by atoms with Crippen LogP contribution in [-0.2, 0) is 28.3 Å². The number of aromatic nitrogens is 2. The number of amides is 1. The number of imidazole rings is 1. The summed E-state index contributed by atoms with van der Waals surface area (Å²) in [6.07, 6.45) is 3.64. The largest absolute Gasteiger partial charge is 0.331 e. The zero-order chi connectivity index (χ0) is 22.9. The number of rotatable bonds is 6. The lowest BCUT2D eigenvalue weighted by atomic mass is 10.1. The number of piperidine rings is 1. The van der Waals surface area contributed by atoms with Gasteiger partial charge in [0.25, 0.3) is 0 Å². The zero-order valence-electron chi connectivity index (χ0n) is 18.9. The molecule has 8 heteroatoms. The third kappa shape index (κ3) is 4.56. The number of aryl methyl sites for hydroxylation is 4. The number of fused-ring (bicyclic) bond motifs is 1. The molecule has 4 rings (SSSR count). The first-order valence-corrected chi connectivity index (χ1v) is 12.5. The number of benzene rings is 2. The fourth-order valence-corrected chi connectivity index (χ4v) is 5.67. The van der Waals surface area contributed by atoms with E-state index >= 15 is 0 Å². The van der Waals surface area contributed by atoms with Gasteiger partial charge in [-0.15, -0.1) is 0 Å². The molecule has 2 heterocycles. The van der Waals surface area contributed by atoms with Gasteiger partial charge < -0.3 is 9.88 Å². The van der Waals surface area contributed by atoms with E-state index in [4.69, 9.17) is 0 Å². The monoisotopic (exact) mass is 454 g/mol. The van der Waals surface area contributed by atoms with Crippen molar-refractivity contribution >= 4 is 32.7 Å². The summed E-state index contributed by atoms with van der Waals surface area (Å²) in [4.78, 5) is 17.4. The van der Waals surface area contributed by atoms with Gasteiger partial charge in [-0.1, -0.05) is 12.5 Å². The maximum atomic E-state index is 13.0. The molecule has 1 aromatic heterocycles. The predicted octanol–water partition coefficient (Wildman–Crippen LogP) is 3.94. The van der Waals surface area contributed by atoms with E-state index in [1.165, 1.54) is 5.56 Å². The summed E-state index contributed by atoms with van der Waals surface area (Å²) in [5.41, 5.74) is 4.59. The maximum absolute atomic E-state index is 13.0. The van der Waals surface area contributed by atoms with E-state index in [1.807, 2.05) is 43.7 Å². The van der Waals surface area contributed by atoms with Crippen molar-refractivity contribution in [3.63, 3.8) is 0 Å². The summed E-state index contributed by atoms with van der Waals surface area (Å²) in [5.74, 6) is 0.677. The summed E-state index contributed by atoms with van der Waals surface area (Å²) in [7, 11) is -1.61. The van der Waals surface area contributed by atoms with Crippen molar-refractivity contribution in [3.8, 4) is 0 Å². The van der Waals surface area contributed by atoms with Crippen LogP contribution in [0.15, 0.2) is 41.3 Å². The second kappa shape index (κ2) is 9.03. The Morgan fingerprint density at radius 2 is 1.78 bits per heavy atom. The van der Waals surface area contributed by atoms with Crippen molar-refractivity contribution in [2.45, 2.75) is 50.8 Å². The Morgan fingerprint density at radius 1 is 1.03 bits per heavy atom. The lowest BCUT2D eigenvalue weighted by Crippen LogP contribution is -2.35. The number of carbonyl (C=O) groups excluding carboxylic acids is 1. The van der Waals surface area contributed by atoms with Crippen molar-refractivity contribution < 1.29 is 13.2 Å². The molecule has 3 aromatic rings. The van der Waals surface area contributed by atoms with Crippen LogP contribution in [0.2, 0.25) is 0 Å². The van der Waals surface area contributed by atoms with Gasteiger partial charge in [-0.2, -0.15) is 4.31 Å². The molecule has 1 saturated heterocycles. The Morgan fingerprint density at radius 3 is 2.50 bits per heavy atom. The molecular weight excluding hydrogens is 424 g/mol. The third-order valence-electron chi connectivity index (χ3n) is 6.26. The highest BCUT2D eigenvalue weighted by Crippen LogP contribution is 2.25. The van der Waals surface area contributed by atoms with Crippen molar-refractivity contribution in [3.05, 3.63) is 53.3 Å². The van der Waals surface area contributed by atoms with Gasteiger partial charge in [-0.25, -0.2) is 13.4 Å². The average molecular weight is 455 g/mol. The summed E-state index contributed by atoms with van der Waals surface area (Å²) in [6, 6.07) is 11.0. The minimum absolute atomic E-state index is 0.0753. The van der Waals surface area contributed by atoms with Crippen LogP contribution < -0.4 is 5.32 Å². The number of nitrogens with zero attached hydrogens (tertiary/aromatic N) is 3. The van der Waals surface area contributed by atoms with Gasteiger partial charge in [0.15, 0.2) is 0 Å². The van der Waals surface area contributed by atoms with Gasteiger partial charge in [0.1, 0.15) is 5.82 Å². The number of anilines is 1. The molecule has 2 aromatic carbocycles. The molecule has 0 aliphatic carbocycles. The summed E-state index contributed by atoms with van der Waals surface area (Å²) in [5, 5.41) is 2.94. The zero-order valence-corrected chi connectivity index (χ0v) is 19.7. The molecule has 1 N–H and O–H groups in total. The SMILES string of the molecule is Cc1ccc(NC(=O)CCc2nc3cc(S(=O)(=O)N4CCCCC4)ccc3n2C)cc1C. The number of nitrogens with one attached hydrogen (secondary N) is 1. The first-order chi connectivity index (χ1) is 15.3. The smallest absolute Gasteiger partial charge is 0.243 e. The second-order valence-electron chi connectivity index (χ2n) is 8.55. The van der Waals surface area contributed by atoms with Crippen LogP contribution in [0.5, 0.6) is 0 Å². The van der Waals surface area contributed by atoms with Crippen molar-refractivity contribution in [2.75, 3.05) is 18.4 Å². The molecule has 0 atom stereocenters.